The predicted octanol–water partition coefficient (Wildman–Crippen LogP) is 5.21. The summed E-state index contributed by atoms with van der Waals surface area (Å²) < 4.78 is 0. The number of fused-ring (bicyclic) bond motifs is 2. The van der Waals surface area contributed by atoms with Gasteiger partial charge in [0.25, 0.3) is 5.56 Å². The molecule has 0 unspecified atom stereocenters. The number of H-pyrrole nitrogens is 1. The molecule has 0 saturated carbocycles. The number of pyridine rings is 3. The maximum absolute atomic E-state index is 13.0. The molecular formula is C29H26ClN5O. The molecule has 1 saturated heterocycles. The largest absolute Gasteiger partial charge is 0.306 e. The standard InChI is InChI=1S/C29H26ClN5O/c1-34-10-12-35(13-11-34)18-23-15-22-16-24(21-14-20-8-5-9-31-27(20)25(30)17-21)26(19-6-3-2-4-7-19)32-28(22)33-29(23)36/h2-9,14-17H,10-13,18H2,1H3,(H,32,33,36). The van der Waals surface area contributed by atoms with Crippen molar-refractivity contribution in [2.75, 3.05) is 33.2 Å². The number of nitrogens with one attached hydrogen (secondary N) is 1. The van der Waals surface area contributed by atoms with Gasteiger partial charge < -0.3 is 9.88 Å². The summed E-state index contributed by atoms with van der Waals surface area (Å²) in [5.74, 6) is 0. The van der Waals surface area contributed by atoms with E-state index in [4.69, 9.17) is 16.6 Å². The van der Waals surface area contributed by atoms with E-state index in [-0.39, 0.29) is 5.56 Å². The van der Waals surface area contributed by atoms with Crippen LogP contribution in [-0.4, -0.2) is 58.0 Å². The van der Waals surface area contributed by atoms with Gasteiger partial charge in [-0.25, -0.2) is 4.98 Å². The third-order valence-corrected chi connectivity index (χ3v) is 7.20. The first kappa shape index (κ1) is 22.9. The van der Waals surface area contributed by atoms with E-state index in [2.05, 4.69) is 38.9 Å². The van der Waals surface area contributed by atoms with Crippen LogP contribution in [0.1, 0.15) is 5.56 Å². The van der Waals surface area contributed by atoms with Gasteiger partial charge in [0, 0.05) is 66.4 Å². The Morgan fingerprint density at radius 1 is 0.917 bits per heavy atom. The van der Waals surface area contributed by atoms with Crippen LogP contribution in [0.3, 0.4) is 0 Å². The molecule has 0 bridgehead atoms. The normalized spacial score (nSPS) is 15.1. The lowest BCUT2D eigenvalue weighted by molar-refractivity contribution is 0.148. The van der Waals surface area contributed by atoms with Crippen LogP contribution in [0.5, 0.6) is 0 Å². The summed E-state index contributed by atoms with van der Waals surface area (Å²) in [5, 5.41) is 2.46. The smallest absolute Gasteiger partial charge is 0.254 e. The van der Waals surface area contributed by atoms with Crippen LogP contribution >= 0.6 is 11.6 Å². The minimum absolute atomic E-state index is 0.0829. The number of aromatic amines is 1. The van der Waals surface area contributed by atoms with Gasteiger partial charge in [0.15, 0.2) is 0 Å². The van der Waals surface area contributed by atoms with Gasteiger partial charge in [-0.05, 0) is 42.9 Å². The van der Waals surface area contributed by atoms with Gasteiger partial charge in [-0.15, -0.1) is 0 Å². The van der Waals surface area contributed by atoms with Crippen molar-refractivity contribution in [3.63, 3.8) is 0 Å². The summed E-state index contributed by atoms with van der Waals surface area (Å²) in [6.45, 7) is 4.55. The third kappa shape index (κ3) is 4.39. The lowest BCUT2D eigenvalue weighted by atomic mass is 9.96. The topological polar surface area (TPSA) is 65.1 Å². The Morgan fingerprint density at radius 2 is 1.72 bits per heavy atom. The Bertz CT molecular complexity index is 1620. The number of halogens is 1. The van der Waals surface area contributed by atoms with Crippen LogP contribution in [0.15, 0.2) is 77.7 Å². The van der Waals surface area contributed by atoms with Crippen LogP contribution in [0.2, 0.25) is 5.02 Å². The van der Waals surface area contributed by atoms with Gasteiger partial charge in [0.05, 0.1) is 16.2 Å². The fourth-order valence-corrected chi connectivity index (χ4v) is 5.16. The first-order valence-electron chi connectivity index (χ1n) is 12.1. The SMILES string of the molecule is CN1CCN(Cc2cc3cc(-c4cc(Cl)c5ncccc5c4)c(-c4ccccc4)nc3[nH]c2=O)CC1. The van der Waals surface area contributed by atoms with Crippen molar-refractivity contribution in [3.05, 3.63) is 93.9 Å². The highest BCUT2D eigenvalue weighted by atomic mass is 35.5. The molecular weight excluding hydrogens is 470 g/mol. The highest BCUT2D eigenvalue weighted by Crippen LogP contribution is 2.36. The predicted molar refractivity (Wildman–Crippen MR) is 146 cm³/mol. The fourth-order valence-electron chi connectivity index (χ4n) is 4.88. The van der Waals surface area contributed by atoms with Crippen LogP contribution in [-0.2, 0) is 6.54 Å². The molecule has 4 heterocycles. The molecule has 2 aromatic carbocycles. The monoisotopic (exact) mass is 495 g/mol. The number of likely N-dealkylation sites (N-methyl/N-ethyl adjacent to an activating group) is 1. The number of hydrogen-bond acceptors (Lipinski definition) is 5. The van der Waals surface area contributed by atoms with E-state index >= 15 is 0 Å². The van der Waals surface area contributed by atoms with Crippen molar-refractivity contribution in [3.8, 4) is 22.4 Å². The molecule has 5 aromatic rings. The molecule has 0 aliphatic carbocycles. The maximum Gasteiger partial charge on any atom is 0.254 e. The molecule has 1 aliphatic rings. The molecule has 1 aliphatic heterocycles. The molecule has 180 valence electrons. The molecule has 0 atom stereocenters. The van der Waals surface area contributed by atoms with E-state index in [0.29, 0.717) is 17.2 Å². The van der Waals surface area contributed by atoms with Gasteiger partial charge in [-0.1, -0.05) is 48.0 Å². The van der Waals surface area contributed by atoms with E-state index in [1.54, 1.807) is 6.20 Å². The molecule has 6 nitrogen and oxygen atoms in total. The maximum atomic E-state index is 13.0. The van der Waals surface area contributed by atoms with Gasteiger partial charge in [0.2, 0.25) is 0 Å². The molecule has 7 heteroatoms. The van der Waals surface area contributed by atoms with Crippen molar-refractivity contribution >= 4 is 33.5 Å². The van der Waals surface area contributed by atoms with Crippen LogP contribution in [0.25, 0.3) is 44.3 Å². The van der Waals surface area contributed by atoms with Crippen molar-refractivity contribution in [2.45, 2.75) is 6.54 Å². The summed E-state index contributed by atoms with van der Waals surface area (Å²) in [4.78, 5) is 30.1. The van der Waals surface area contributed by atoms with E-state index < -0.39 is 0 Å². The summed E-state index contributed by atoms with van der Waals surface area (Å²) >= 11 is 6.65. The number of piperazine rings is 1. The second kappa shape index (κ2) is 9.47. The van der Waals surface area contributed by atoms with Gasteiger partial charge in [-0.3, -0.25) is 14.7 Å². The number of nitrogens with zero attached hydrogens (tertiary/aromatic N) is 4. The lowest BCUT2D eigenvalue weighted by Gasteiger charge is -2.32. The first-order valence-corrected chi connectivity index (χ1v) is 12.5. The first-order chi connectivity index (χ1) is 17.5. The number of aromatic nitrogens is 3. The summed E-state index contributed by atoms with van der Waals surface area (Å²) in [6, 6.07) is 22.1. The molecule has 6 rings (SSSR count). The quantitative estimate of drug-likeness (QED) is 0.371. The van der Waals surface area contributed by atoms with E-state index in [9.17, 15) is 4.79 Å². The molecule has 0 amide bonds. The number of hydrogen-bond donors (Lipinski definition) is 1. The zero-order valence-electron chi connectivity index (χ0n) is 20.0. The summed E-state index contributed by atoms with van der Waals surface area (Å²) in [5.41, 5.74) is 5.71. The van der Waals surface area contributed by atoms with Crippen LogP contribution < -0.4 is 5.56 Å². The Morgan fingerprint density at radius 3 is 2.53 bits per heavy atom. The Hall–Kier alpha value is -3.58. The third-order valence-electron chi connectivity index (χ3n) is 6.91. The second-order valence-electron chi connectivity index (χ2n) is 9.42. The van der Waals surface area contributed by atoms with Gasteiger partial charge in [-0.2, -0.15) is 0 Å². The van der Waals surface area contributed by atoms with Crippen molar-refractivity contribution in [1.29, 1.82) is 0 Å². The van der Waals surface area contributed by atoms with E-state index in [0.717, 1.165) is 70.4 Å². The average molecular weight is 496 g/mol. The minimum atomic E-state index is -0.0829. The number of rotatable bonds is 4. The van der Waals surface area contributed by atoms with Crippen molar-refractivity contribution in [1.82, 2.24) is 24.8 Å². The molecule has 3 aromatic heterocycles. The molecule has 0 radical (unpaired) electrons. The summed E-state index contributed by atoms with van der Waals surface area (Å²) in [6.07, 6.45) is 1.75. The fraction of sp³-hybridized carbons (Fsp3) is 0.207. The second-order valence-corrected chi connectivity index (χ2v) is 9.83. The van der Waals surface area contributed by atoms with Gasteiger partial charge >= 0.3 is 0 Å². The highest BCUT2D eigenvalue weighted by Gasteiger charge is 2.18. The number of benzene rings is 2. The highest BCUT2D eigenvalue weighted by molar-refractivity contribution is 6.35. The molecule has 1 N–H and O–H groups in total. The average Bonchev–Trinajstić information content (AvgIpc) is 2.90. The van der Waals surface area contributed by atoms with E-state index in [1.807, 2.05) is 54.6 Å². The Balaban J connectivity index is 1.51. The minimum Gasteiger partial charge on any atom is -0.306 e. The Labute approximate surface area is 214 Å². The Kier molecular flexibility index (Phi) is 6.01. The molecule has 0 spiro atoms. The van der Waals surface area contributed by atoms with Gasteiger partial charge in [0.1, 0.15) is 5.65 Å². The van der Waals surface area contributed by atoms with Crippen LogP contribution in [0, 0.1) is 0 Å². The van der Waals surface area contributed by atoms with Crippen molar-refractivity contribution < 1.29 is 0 Å². The van der Waals surface area contributed by atoms with Crippen molar-refractivity contribution in [2.24, 2.45) is 0 Å². The van der Waals surface area contributed by atoms with Crippen LogP contribution in [0.4, 0.5) is 0 Å². The zero-order valence-corrected chi connectivity index (χ0v) is 20.8. The zero-order chi connectivity index (χ0) is 24.6. The molecule has 36 heavy (non-hydrogen) atoms. The lowest BCUT2D eigenvalue weighted by Crippen LogP contribution is -2.44. The molecule has 1 fully saturated rings. The van der Waals surface area contributed by atoms with E-state index in [1.165, 1.54) is 0 Å². The summed E-state index contributed by atoms with van der Waals surface area (Å²) in [7, 11) is 2.13.